The minimum absolute atomic E-state index is 0.0465. The van der Waals surface area contributed by atoms with E-state index in [9.17, 15) is 0 Å². The average Bonchev–Trinajstić information content (AvgIpc) is 3.05. The fourth-order valence-electron chi connectivity index (χ4n) is 6.91. The van der Waals surface area contributed by atoms with Crippen molar-refractivity contribution in [1.82, 2.24) is 0 Å². The summed E-state index contributed by atoms with van der Waals surface area (Å²) in [7, 11) is 3.40. The van der Waals surface area contributed by atoms with Crippen LogP contribution in [0, 0.1) is 5.92 Å². The molecule has 3 aromatic rings. The lowest BCUT2D eigenvalue weighted by atomic mass is 9.76. The molecule has 0 radical (unpaired) electrons. The molecule has 0 unspecified atom stereocenters. The van der Waals surface area contributed by atoms with Gasteiger partial charge in [0.25, 0.3) is 5.92 Å². The number of hydrogen-bond acceptors (Lipinski definition) is 4. The molecule has 6 heteroatoms. The highest BCUT2D eigenvalue weighted by Gasteiger charge is 2.42. The maximum atomic E-state index is 15.9. The molecule has 0 aromatic heterocycles. The lowest BCUT2D eigenvalue weighted by Crippen LogP contribution is -2.39. The predicted octanol–water partition coefficient (Wildman–Crippen LogP) is 8.90. The molecule has 0 saturated carbocycles. The van der Waals surface area contributed by atoms with E-state index in [4.69, 9.17) is 14.2 Å². The van der Waals surface area contributed by atoms with Gasteiger partial charge in [-0.25, -0.2) is 8.78 Å². The Morgan fingerprint density at radius 2 is 1.65 bits per heavy atom. The number of anilines is 1. The van der Waals surface area contributed by atoms with Crippen molar-refractivity contribution in [2.45, 2.75) is 63.8 Å². The molecule has 0 N–H and O–H groups in total. The largest absolute Gasteiger partial charge is 0.489 e. The predicted molar refractivity (Wildman–Crippen MR) is 167 cm³/mol. The molecule has 0 bridgehead atoms. The van der Waals surface area contributed by atoms with Crippen molar-refractivity contribution in [3.8, 4) is 5.75 Å². The van der Waals surface area contributed by atoms with Gasteiger partial charge in [0.2, 0.25) is 0 Å². The molecular formula is C37H41F2NO3. The van der Waals surface area contributed by atoms with Crippen LogP contribution >= 0.6 is 0 Å². The molecule has 3 aliphatic rings. The van der Waals surface area contributed by atoms with Crippen LogP contribution < -0.4 is 9.64 Å². The van der Waals surface area contributed by atoms with Crippen LogP contribution in [0.5, 0.6) is 5.75 Å². The number of methoxy groups -OCH3 is 2. The molecule has 0 atom stereocenters. The molecule has 1 saturated heterocycles. The summed E-state index contributed by atoms with van der Waals surface area (Å²) in [6.07, 6.45) is 7.65. The minimum Gasteiger partial charge on any atom is -0.489 e. The highest BCUT2D eigenvalue weighted by Crippen LogP contribution is 2.51. The highest BCUT2D eigenvalue weighted by molar-refractivity contribution is 5.88. The number of alkyl halides is 2. The summed E-state index contributed by atoms with van der Waals surface area (Å²) in [6.45, 7) is 2.19. The molecular weight excluding hydrogens is 544 g/mol. The van der Waals surface area contributed by atoms with Gasteiger partial charge in [-0.15, -0.1) is 0 Å². The van der Waals surface area contributed by atoms with Crippen molar-refractivity contribution in [2.24, 2.45) is 5.92 Å². The van der Waals surface area contributed by atoms with E-state index in [-0.39, 0.29) is 18.3 Å². The van der Waals surface area contributed by atoms with Crippen LogP contribution in [0.25, 0.3) is 5.57 Å². The van der Waals surface area contributed by atoms with Crippen molar-refractivity contribution < 1.29 is 23.0 Å². The molecule has 4 nitrogen and oxygen atoms in total. The molecule has 2 aliphatic carbocycles. The molecule has 1 fully saturated rings. The van der Waals surface area contributed by atoms with E-state index in [0.29, 0.717) is 23.8 Å². The Balaban J connectivity index is 1.31. The van der Waals surface area contributed by atoms with Crippen molar-refractivity contribution >= 4 is 11.3 Å². The van der Waals surface area contributed by atoms with Gasteiger partial charge in [0.1, 0.15) is 12.4 Å². The number of fused-ring (bicyclic) bond motifs is 1. The van der Waals surface area contributed by atoms with E-state index in [1.165, 1.54) is 0 Å². The Kier molecular flexibility index (Phi) is 8.96. The number of rotatable bonds is 9. The third-order valence-corrected chi connectivity index (χ3v) is 9.19. The highest BCUT2D eigenvalue weighted by atomic mass is 19.3. The average molecular weight is 586 g/mol. The fourth-order valence-corrected chi connectivity index (χ4v) is 6.91. The van der Waals surface area contributed by atoms with Gasteiger partial charge in [-0.2, -0.15) is 0 Å². The van der Waals surface area contributed by atoms with Gasteiger partial charge in [0, 0.05) is 50.9 Å². The fraction of sp³-hybridized carbons (Fsp3) is 0.405. The Morgan fingerprint density at radius 3 is 2.33 bits per heavy atom. The maximum absolute atomic E-state index is 15.9. The smallest absolute Gasteiger partial charge is 0.277 e. The molecule has 1 aliphatic heterocycles. The normalized spacial score (nSPS) is 18.9. The third kappa shape index (κ3) is 6.41. The second-order valence-electron chi connectivity index (χ2n) is 11.9. The summed E-state index contributed by atoms with van der Waals surface area (Å²) in [5.41, 5.74) is 6.57. The SMILES string of the molecule is COC(OC)C1CCN(c2ccc(C3=C(C4=CCCCC4)CC(F)(F)c4cc(OCc5ccccc5)ccc43)cc2)CC1. The zero-order chi connectivity index (χ0) is 29.8. The summed E-state index contributed by atoms with van der Waals surface area (Å²) in [5.74, 6) is -2.14. The van der Waals surface area contributed by atoms with Crippen LogP contribution in [0.4, 0.5) is 14.5 Å². The summed E-state index contributed by atoms with van der Waals surface area (Å²) >= 11 is 0. The van der Waals surface area contributed by atoms with Crippen molar-refractivity contribution in [3.63, 3.8) is 0 Å². The summed E-state index contributed by atoms with van der Waals surface area (Å²) in [6, 6.07) is 23.5. The lowest BCUT2D eigenvalue weighted by Gasteiger charge is -2.36. The van der Waals surface area contributed by atoms with Crippen LogP contribution in [-0.4, -0.2) is 33.6 Å². The Morgan fingerprint density at radius 1 is 0.907 bits per heavy atom. The van der Waals surface area contributed by atoms with Crippen LogP contribution in [0.2, 0.25) is 0 Å². The number of ether oxygens (including phenoxy) is 3. The van der Waals surface area contributed by atoms with E-state index in [1.807, 2.05) is 42.5 Å². The summed E-state index contributed by atoms with van der Waals surface area (Å²) < 4.78 is 48.8. The number of halogens is 2. The maximum Gasteiger partial charge on any atom is 0.277 e. The van der Waals surface area contributed by atoms with E-state index < -0.39 is 5.92 Å². The molecule has 43 heavy (non-hydrogen) atoms. The second kappa shape index (κ2) is 13.0. The number of benzene rings is 3. The molecule has 0 spiro atoms. The minimum atomic E-state index is -2.98. The first kappa shape index (κ1) is 29.6. The van der Waals surface area contributed by atoms with Gasteiger partial charge >= 0.3 is 0 Å². The molecule has 1 heterocycles. The van der Waals surface area contributed by atoms with Gasteiger partial charge in [-0.05, 0) is 96.2 Å². The van der Waals surface area contributed by atoms with E-state index in [0.717, 1.165) is 85.1 Å². The first-order valence-electron chi connectivity index (χ1n) is 15.5. The van der Waals surface area contributed by atoms with Crippen LogP contribution in [0.3, 0.4) is 0 Å². The zero-order valence-electron chi connectivity index (χ0n) is 25.2. The molecule has 6 rings (SSSR count). The Hall–Kier alpha value is -3.48. The van der Waals surface area contributed by atoms with Crippen molar-refractivity contribution in [2.75, 3.05) is 32.2 Å². The van der Waals surface area contributed by atoms with Crippen molar-refractivity contribution in [3.05, 3.63) is 112 Å². The monoisotopic (exact) mass is 585 g/mol. The van der Waals surface area contributed by atoms with Gasteiger partial charge in [0.05, 0.1) is 0 Å². The van der Waals surface area contributed by atoms with Crippen LogP contribution in [0.1, 0.15) is 67.2 Å². The van der Waals surface area contributed by atoms with E-state index in [2.05, 4.69) is 35.2 Å². The quantitative estimate of drug-likeness (QED) is 0.235. The zero-order valence-corrected chi connectivity index (χ0v) is 25.2. The second-order valence-corrected chi connectivity index (χ2v) is 11.9. The van der Waals surface area contributed by atoms with Crippen LogP contribution in [-0.2, 0) is 22.0 Å². The molecule has 226 valence electrons. The number of nitrogens with zero attached hydrogens (tertiary/aromatic N) is 1. The Bertz CT molecular complexity index is 1450. The summed E-state index contributed by atoms with van der Waals surface area (Å²) in [5, 5.41) is 0. The Labute approximate surface area is 254 Å². The number of allylic oxidation sites excluding steroid dienone is 3. The number of piperidine rings is 1. The molecule has 3 aromatic carbocycles. The topological polar surface area (TPSA) is 30.9 Å². The summed E-state index contributed by atoms with van der Waals surface area (Å²) in [4.78, 5) is 2.39. The first-order valence-corrected chi connectivity index (χ1v) is 15.5. The van der Waals surface area contributed by atoms with Crippen molar-refractivity contribution in [1.29, 1.82) is 0 Å². The van der Waals surface area contributed by atoms with Crippen LogP contribution in [0.15, 0.2) is 90.0 Å². The third-order valence-electron chi connectivity index (χ3n) is 9.19. The van der Waals surface area contributed by atoms with Gasteiger partial charge in [-0.1, -0.05) is 54.6 Å². The lowest BCUT2D eigenvalue weighted by molar-refractivity contribution is -0.141. The van der Waals surface area contributed by atoms with E-state index >= 15 is 8.78 Å². The van der Waals surface area contributed by atoms with Gasteiger partial charge in [-0.3, -0.25) is 0 Å². The number of hydrogen-bond donors (Lipinski definition) is 0. The van der Waals surface area contributed by atoms with E-state index in [1.54, 1.807) is 20.3 Å². The first-order chi connectivity index (χ1) is 21.0. The van der Waals surface area contributed by atoms with Gasteiger partial charge < -0.3 is 19.1 Å². The standard InChI is InChI=1S/C37H41F2NO3/c1-41-36(42-2)29-19-21-40(22-20-29)30-15-13-28(14-16-30)35-32-18-17-31(43-25-26-9-5-3-6-10-26)23-34(32)37(38,39)24-33(35)27-11-7-4-8-12-27/h3,5-6,9-11,13-18,23,29,36H,4,7-8,12,19-22,24-25H2,1-2H3. The molecule has 0 amide bonds. The van der Waals surface area contributed by atoms with Gasteiger partial charge in [0.15, 0.2) is 6.29 Å².